The second-order valence-corrected chi connectivity index (χ2v) is 5.88. The zero-order valence-corrected chi connectivity index (χ0v) is 12.0. The minimum Gasteiger partial charge on any atom is -0.324 e. The number of nitro groups is 1. The molecule has 1 aromatic rings. The second-order valence-electron chi connectivity index (χ2n) is 5.88. The number of nitrogens with two attached hydrogens (primary N) is 1. The first kappa shape index (κ1) is 14.7. The summed E-state index contributed by atoms with van der Waals surface area (Å²) in [5, 5.41) is 10.9. The van der Waals surface area contributed by atoms with Crippen LogP contribution in [0.5, 0.6) is 0 Å². The molecule has 0 saturated carbocycles. The Morgan fingerprint density at radius 3 is 2.60 bits per heavy atom. The third-order valence-corrected chi connectivity index (χ3v) is 3.79. The lowest BCUT2D eigenvalue weighted by Gasteiger charge is -2.35. The summed E-state index contributed by atoms with van der Waals surface area (Å²) in [5.74, 6) is 6.82. The molecular weight excluding hydrogens is 256 g/mol. The molecule has 2 atom stereocenters. The van der Waals surface area contributed by atoms with E-state index in [9.17, 15) is 10.1 Å². The average molecular weight is 278 g/mol. The van der Waals surface area contributed by atoms with Gasteiger partial charge < -0.3 is 5.43 Å². The number of piperidine rings is 1. The van der Waals surface area contributed by atoms with Crippen molar-refractivity contribution in [3.05, 3.63) is 33.9 Å². The maximum absolute atomic E-state index is 10.9. The molecule has 1 saturated heterocycles. The standard InChI is InChI=1S/C14H22N4O2/c1-10-5-11(2)8-17(7-10)9-12-6-13(18(19)20)3-4-14(12)16-15/h3-4,6,10-11,16H,5,7-9,15H2,1-2H3. The smallest absolute Gasteiger partial charge is 0.269 e. The van der Waals surface area contributed by atoms with Crippen LogP contribution < -0.4 is 11.3 Å². The summed E-state index contributed by atoms with van der Waals surface area (Å²) in [5.41, 5.74) is 4.36. The molecule has 110 valence electrons. The first-order valence-electron chi connectivity index (χ1n) is 6.96. The second kappa shape index (κ2) is 6.19. The van der Waals surface area contributed by atoms with Gasteiger partial charge in [0.25, 0.3) is 5.69 Å². The van der Waals surface area contributed by atoms with Gasteiger partial charge in [-0.3, -0.25) is 20.9 Å². The van der Waals surface area contributed by atoms with Crippen LogP contribution in [-0.2, 0) is 6.54 Å². The maximum atomic E-state index is 10.9. The monoisotopic (exact) mass is 278 g/mol. The van der Waals surface area contributed by atoms with Crippen LogP contribution in [0.1, 0.15) is 25.8 Å². The van der Waals surface area contributed by atoms with Crippen molar-refractivity contribution in [3.63, 3.8) is 0 Å². The normalized spacial score (nSPS) is 23.6. The molecule has 20 heavy (non-hydrogen) atoms. The van der Waals surface area contributed by atoms with Crippen LogP contribution >= 0.6 is 0 Å². The van der Waals surface area contributed by atoms with E-state index < -0.39 is 0 Å². The van der Waals surface area contributed by atoms with Crippen LogP contribution in [0.25, 0.3) is 0 Å². The molecule has 0 amide bonds. The van der Waals surface area contributed by atoms with Gasteiger partial charge in [-0.1, -0.05) is 13.8 Å². The molecule has 2 unspecified atom stereocenters. The number of likely N-dealkylation sites (tertiary alicyclic amines) is 1. The number of benzene rings is 1. The summed E-state index contributed by atoms with van der Waals surface area (Å²) in [6.07, 6.45) is 1.24. The van der Waals surface area contributed by atoms with Gasteiger partial charge in [-0.05, 0) is 29.9 Å². The molecule has 6 nitrogen and oxygen atoms in total. The van der Waals surface area contributed by atoms with E-state index in [1.54, 1.807) is 12.1 Å². The molecule has 1 aromatic carbocycles. The zero-order chi connectivity index (χ0) is 14.7. The minimum absolute atomic E-state index is 0.108. The molecule has 2 rings (SSSR count). The summed E-state index contributed by atoms with van der Waals surface area (Å²) < 4.78 is 0. The van der Waals surface area contributed by atoms with Gasteiger partial charge in [0, 0.05) is 31.8 Å². The molecule has 6 heteroatoms. The number of nitrogen functional groups attached to an aromatic ring is 1. The number of nitrogens with zero attached hydrogens (tertiary/aromatic N) is 2. The molecular formula is C14H22N4O2. The van der Waals surface area contributed by atoms with Crippen molar-refractivity contribution in [2.24, 2.45) is 17.7 Å². The Labute approximate surface area is 119 Å². The number of hydrogen-bond donors (Lipinski definition) is 2. The fraction of sp³-hybridized carbons (Fsp3) is 0.571. The highest BCUT2D eigenvalue weighted by Crippen LogP contribution is 2.26. The molecule has 0 aliphatic carbocycles. The van der Waals surface area contributed by atoms with E-state index in [0.29, 0.717) is 18.4 Å². The number of nitrogens with one attached hydrogen (secondary N) is 1. The van der Waals surface area contributed by atoms with Gasteiger partial charge in [0.05, 0.1) is 10.6 Å². The molecule has 1 aliphatic rings. The Kier molecular flexibility index (Phi) is 4.57. The number of non-ortho nitro benzene ring substituents is 1. The number of rotatable bonds is 4. The predicted octanol–water partition coefficient (Wildman–Crippen LogP) is 2.36. The van der Waals surface area contributed by atoms with E-state index >= 15 is 0 Å². The quantitative estimate of drug-likeness (QED) is 0.502. The summed E-state index contributed by atoms with van der Waals surface area (Å²) in [7, 11) is 0. The number of hydrazine groups is 1. The third kappa shape index (κ3) is 3.46. The lowest BCUT2D eigenvalue weighted by Crippen LogP contribution is -2.38. The topological polar surface area (TPSA) is 84.4 Å². The zero-order valence-electron chi connectivity index (χ0n) is 12.0. The molecule has 0 aromatic heterocycles. The van der Waals surface area contributed by atoms with E-state index in [-0.39, 0.29) is 10.6 Å². The largest absolute Gasteiger partial charge is 0.324 e. The highest BCUT2D eigenvalue weighted by atomic mass is 16.6. The van der Waals surface area contributed by atoms with E-state index in [4.69, 9.17) is 5.84 Å². The van der Waals surface area contributed by atoms with Gasteiger partial charge in [0.1, 0.15) is 0 Å². The number of nitro benzene ring substituents is 1. The Morgan fingerprint density at radius 2 is 2.05 bits per heavy atom. The Morgan fingerprint density at radius 1 is 1.40 bits per heavy atom. The summed E-state index contributed by atoms with van der Waals surface area (Å²) in [6, 6.07) is 4.75. The molecule has 3 N–H and O–H groups in total. The lowest BCUT2D eigenvalue weighted by molar-refractivity contribution is -0.384. The Hall–Kier alpha value is -1.66. The fourth-order valence-corrected chi connectivity index (χ4v) is 3.13. The van der Waals surface area contributed by atoms with Crippen LogP contribution in [-0.4, -0.2) is 22.9 Å². The highest BCUT2D eigenvalue weighted by Gasteiger charge is 2.23. The average Bonchev–Trinajstić information content (AvgIpc) is 2.37. The first-order valence-corrected chi connectivity index (χ1v) is 6.96. The van der Waals surface area contributed by atoms with Gasteiger partial charge in [0.2, 0.25) is 0 Å². The van der Waals surface area contributed by atoms with Crippen molar-refractivity contribution in [2.45, 2.75) is 26.8 Å². The number of anilines is 1. The molecule has 1 aliphatic heterocycles. The van der Waals surface area contributed by atoms with Crippen LogP contribution in [0.2, 0.25) is 0 Å². The van der Waals surface area contributed by atoms with Gasteiger partial charge in [-0.15, -0.1) is 0 Å². The van der Waals surface area contributed by atoms with E-state index in [0.717, 1.165) is 24.3 Å². The van der Waals surface area contributed by atoms with Crippen molar-refractivity contribution < 1.29 is 4.92 Å². The van der Waals surface area contributed by atoms with Gasteiger partial charge >= 0.3 is 0 Å². The van der Waals surface area contributed by atoms with Crippen LogP contribution in [0.4, 0.5) is 11.4 Å². The molecule has 0 radical (unpaired) electrons. The van der Waals surface area contributed by atoms with Crippen LogP contribution in [0, 0.1) is 22.0 Å². The van der Waals surface area contributed by atoms with Crippen molar-refractivity contribution in [2.75, 3.05) is 18.5 Å². The maximum Gasteiger partial charge on any atom is 0.269 e. The molecule has 1 heterocycles. The van der Waals surface area contributed by atoms with Crippen molar-refractivity contribution in [1.29, 1.82) is 0 Å². The fourth-order valence-electron chi connectivity index (χ4n) is 3.13. The third-order valence-electron chi connectivity index (χ3n) is 3.79. The van der Waals surface area contributed by atoms with E-state index in [1.807, 2.05) is 0 Å². The van der Waals surface area contributed by atoms with Crippen molar-refractivity contribution in [1.82, 2.24) is 4.90 Å². The highest BCUT2D eigenvalue weighted by molar-refractivity contribution is 5.55. The first-order chi connectivity index (χ1) is 9.49. The Bertz CT molecular complexity index is 482. The predicted molar refractivity (Wildman–Crippen MR) is 79.1 cm³/mol. The summed E-state index contributed by atoms with van der Waals surface area (Å²) >= 11 is 0. The summed E-state index contributed by atoms with van der Waals surface area (Å²) in [6.45, 7) is 7.24. The molecule has 0 bridgehead atoms. The van der Waals surface area contributed by atoms with Crippen LogP contribution in [0.15, 0.2) is 18.2 Å². The molecule has 1 fully saturated rings. The van der Waals surface area contributed by atoms with Gasteiger partial charge in [0.15, 0.2) is 0 Å². The van der Waals surface area contributed by atoms with Crippen molar-refractivity contribution >= 4 is 11.4 Å². The number of hydrogen-bond acceptors (Lipinski definition) is 5. The van der Waals surface area contributed by atoms with E-state index in [1.165, 1.54) is 12.5 Å². The summed E-state index contributed by atoms with van der Waals surface area (Å²) in [4.78, 5) is 12.9. The molecule has 0 spiro atoms. The Balaban J connectivity index is 2.18. The van der Waals surface area contributed by atoms with Crippen LogP contribution in [0.3, 0.4) is 0 Å². The van der Waals surface area contributed by atoms with Crippen molar-refractivity contribution in [3.8, 4) is 0 Å². The van der Waals surface area contributed by atoms with Gasteiger partial charge in [-0.25, -0.2) is 0 Å². The minimum atomic E-state index is -0.370. The SMILES string of the molecule is CC1CC(C)CN(Cc2cc([N+](=O)[O-])ccc2NN)C1. The van der Waals surface area contributed by atoms with Gasteiger partial charge in [-0.2, -0.15) is 0 Å². The van der Waals surface area contributed by atoms with E-state index in [2.05, 4.69) is 24.2 Å². The lowest BCUT2D eigenvalue weighted by atomic mass is 9.91.